The molecule has 1 aromatic heterocycles. The molecule has 2 aromatic rings. The molecule has 110 valence electrons. The van der Waals surface area contributed by atoms with Gasteiger partial charge in [0.15, 0.2) is 5.69 Å². The monoisotopic (exact) mass is 287 g/mol. The Hall–Kier alpha value is -2.37. The molecular formula is C15H17N3O3. The van der Waals surface area contributed by atoms with Crippen LogP contribution in [0.15, 0.2) is 24.3 Å². The number of hydrogen-bond donors (Lipinski definition) is 2. The van der Waals surface area contributed by atoms with Crippen LogP contribution in [0.3, 0.4) is 0 Å². The summed E-state index contributed by atoms with van der Waals surface area (Å²) < 4.78 is 0. The summed E-state index contributed by atoms with van der Waals surface area (Å²) in [6.45, 7) is 2.37. The van der Waals surface area contributed by atoms with Crippen LogP contribution in [0.2, 0.25) is 0 Å². The highest BCUT2D eigenvalue weighted by molar-refractivity contribution is 6.04. The quantitative estimate of drug-likeness (QED) is 0.883. The molecule has 2 N–H and O–H groups in total. The number of rotatable bonds is 2. The Balaban J connectivity index is 1.92. The summed E-state index contributed by atoms with van der Waals surface area (Å²) in [6, 6.07) is 7.11. The molecule has 0 bridgehead atoms. The van der Waals surface area contributed by atoms with Crippen LogP contribution in [-0.2, 0) is 4.79 Å². The minimum absolute atomic E-state index is 0.203. The molecule has 1 aliphatic heterocycles. The van der Waals surface area contributed by atoms with E-state index >= 15 is 0 Å². The van der Waals surface area contributed by atoms with Crippen LogP contribution in [0.4, 0.5) is 0 Å². The Labute approximate surface area is 121 Å². The van der Waals surface area contributed by atoms with E-state index in [1.165, 1.54) is 0 Å². The van der Waals surface area contributed by atoms with Crippen molar-refractivity contribution in [1.29, 1.82) is 0 Å². The highest BCUT2D eigenvalue weighted by atomic mass is 16.4. The zero-order valence-corrected chi connectivity index (χ0v) is 11.7. The van der Waals surface area contributed by atoms with Gasteiger partial charge in [-0.25, -0.2) is 0 Å². The summed E-state index contributed by atoms with van der Waals surface area (Å²) in [5, 5.41) is 17.0. The van der Waals surface area contributed by atoms with Crippen molar-refractivity contribution >= 4 is 22.8 Å². The zero-order chi connectivity index (χ0) is 15.0. The average Bonchev–Trinajstić information content (AvgIpc) is 2.90. The molecule has 0 saturated carbocycles. The van der Waals surface area contributed by atoms with Crippen molar-refractivity contribution in [2.24, 2.45) is 5.92 Å². The molecule has 6 nitrogen and oxygen atoms in total. The Morgan fingerprint density at radius 1 is 1.38 bits per heavy atom. The number of H-pyrrole nitrogens is 1. The molecule has 1 aliphatic rings. The molecule has 21 heavy (non-hydrogen) atoms. The fourth-order valence-electron chi connectivity index (χ4n) is 3.02. The predicted molar refractivity (Wildman–Crippen MR) is 77.0 cm³/mol. The van der Waals surface area contributed by atoms with Crippen molar-refractivity contribution in [3.8, 4) is 0 Å². The number of carboxylic acid groups (broad SMARTS) is 1. The van der Waals surface area contributed by atoms with Crippen LogP contribution in [0.25, 0.3) is 10.9 Å². The Bertz CT molecular complexity index is 694. The number of hydrogen-bond acceptors (Lipinski definition) is 3. The number of amides is 1. The number of aromatic nitrogens is 2. The highest BCUT2D eigenvalue weighted by Crippen LogP contribution is 2.26. The van der Waals surface area contributed by atoms with E-state index in [1.807, 2.05) is 24.3 Å². The zero-order valence-electron chi connectivity index (χ0n) is 11.7. The smallest absolute Gasteiger partial charge is 0.308 e. The van der Waals surface area contributed by atoms with Gasteiger partial charge < -0.3 is 10.0 Å². The first-order valence-electron chi connectivity index (χ1n) is 7.06. The predicted octanol–water partition coefficient (Wildman–Crippen LogP) is 1.89. The van der Waals surface area contributed by atoms with Gasteiger partial charge in [-0.15, -0.1) is 0 Å². The maximum Gasteiger partial charge on any atom is 0.308 e. The molecular weight excluding hydrogens is 270 g/mol. The van der Waals surface area contributed by atoms with Gasteiger partial charge in [-0.05, 0) is 25.8 Å². The fraction of sp³-hybridized carbons (Fsp3) is 0.400. The average molecular weight is 287 g/mol. The molecule has 0 spiro atoms. The van der Waals surface area contributed by atoms with Gasteiger partial charge in [0.1, 0.15) is 0 Å². The van der Waals surface area contributed by atoms with Crippen LogP contribution in [-0.4, -0.2) is 44.7 Å². The maximum absolute atomic E-state index is 12.7. The van der Waals surface area contributed by atoms with Gasteiger partial charge in [0.2, 0.25) is 0 Å². The van der Waals surface area contributed by atoms with Gasteiger partial charge in [-0.3, -0.25) is 14.7 Å². The number of piperidine rings is 1. The third-order valence-corrected chi connectivity index (χ3v) is 4.24. The summed E-state index contributed by atoms with van der Waals surface area (Å²) in [5.74, 6) is -1.55. The molecule has 1 aromatic carbocycles. The SMILES string of the molecule is C[C@@H]1[C@H](C(=O)O)CCCN1C(=O)c1n[nH]c2ccccc12. The van der Waals surface area contributed by atoms with Crippen molar-refractivity contribution in [3.05, 3.63) is 30.0 Å². The Kier molecular flexibility index (Phi) is 3.37. The summed E-state index contributed by atoms with van der Waals surface area (Å²) in [6.07, 6.45) is 1.32. The first-order valence-corrected chi connectivity index (χ1v) is 7.06. The molecule has 0 unspecified atom stereocenters. The molecule has 1 amide bonds. The van der Waals surface area contributed by atoms with E-state index in [0.717, 1.165) is 10.9 Å². The number of para-hydroxylation sites is 1. The molecule has 0 radical (unpaired) electrons. The highest BCUT2D eigenvalue weighted by Gasteiger charge is 2.36. The van der Waals surface area contributed by atoms with Gasteiger partial charge in [0, 0.05) is 18.0 Å². The lowest BCUT2D eigenvalue weighted by Gasteiger charge is -2.37. The third kappa shape index (κ3) is 2.26. The van der Waals surface area contributed by atoms with Crippen molar-refractivity contribution in [2.75, 3.05) is 6.54 Å². The number of nitrogens with zero attached hydrogens (tertiary/aromatic N) is 2. The number of likely N-dealkylation sites (tertiary alicyclic amines) is 1. The second-order valence-electron chi connectivity index (χ2n) is 5.44. The second kappa shape index (κ2) is 5.20. The van der Waals surface area contributed by atoms with Crippen molar-refractivity contribution < 1.29 is 14.7 Å². The molecule has 2 atom stereocenters. The van der Waals surface area contributed by atoms with Crippen molar-refractivity contribution in [3.63, 3.8) is 0 Å². The van der Waals surface area contributed by atoms with Gasteiger partial charge in [-0.2, -0.15) is 5.10 Å². The van der Waals surface area contributed by atoms with E-state index in [4.69, 9.17) is 0 Å². The summed E-state index contributed by atoms with van der Waals surface area (Å²) in [7, 11) is 0. The number of aliphatic carboxylic acids is 1. The molecule has 1 saturated heterocycles. The van der Waals surface area contributed by atoms with Gasteiger partial charge in [0.05, 0.1) is 11.4 Å². The number of carbonyl (C=O) groups is 2. The van der Waals surface area contributed by atoms with E-state index in [9.17, 15) is 14.7 Å². The van der Waals surface area contributed by atoms with Crippen LogP contribution >= 0.6 is 0 Å². The standard InChI is InChI=1S/C15H17N3O3/c1-9-10(15(20)21)6-4-8-18(9)14(19)13-11-5-2-3-7-12(11)16-17-13/h2-3,5,7,9-10H,4,6,8H2,1H3,(H,16,17)(H,20,21)/t9-,10-/m1/s1. The van der Waals surface area contributed by atoms with Crippen LogP contribution in [0, 0.1) is 5.92 Å². The van der Waals surface area contributed by atoms with Gasteiger partial charge in [-0.1, -0.05) is 18.2 Å². The largest absolute Gasteiger partial charge is 0.481 e. The van der Waals surface area contributed by atoms with Gasteiger partial charge in [0.25, 0.3) is 5.91 Å². The summed E-state index contributed by atoms with van der Waals surface area (Å²) in [4.78, 5) is 25.6. The lowest BCUT2D eigenvalue weighted by molar-refractivity contribution is -0.144. The minimum Gasteiger partial charge on any atom is -0.481 e. The molecule has 0 aliphatic carbocycles. The lowest BCUT2D eigenvalue weighted by Crippen LogP contribution is -2.49. The Morgan fingerprint density at radius 2 is 2.14 bits per heavy atom. The molecule has 3 rings (SSSR count). The second-order valence-corrected chi connectivity index (χ2v) is 5.44. The van der Waals surface area contributed by atoms with E-state index < -0.39 is 11.9 Å². The third-order valence-electron chi connectivity index (χ3n) is 4.24. The number of fused-ring (bicyclic) bond motifs is 1. The first kappa shape index (κ1) is 13.6. The Morgan fingerprint density at radius 3 is 2.90 bits per heavy atom. The minimum atomic E-state index is -0.841. The summed E-state index contributed by atoms with van der Waals surface area (Å²) in [5.41, 5.74) is 1.17. The van der Waals surface area contributed by atoms with Crippen LogP contribution in [0.1, 0.15) is 30.3 Å². The van der Waals surface area contributed by atoms with Crippen molar-refractivity contribution in [1.82, 2.24) is 15.1 Å². The fourth-order valence-corrected chi connectivity index (χ4v) is 3.02. The van der Waals surface area contributed by atoms with E-state index in [2.05, 4.69) is 10.2 Å². The first-order chi connectivity index (χ1) is 10.1. The number of aromatic amines is 1. The lowest BCUT2D eigenvalue weighted by atomic mass is 9.90. The molecule has 1 fully saturated rings. The maximum atomic E-state index is 12.7. The normalized spacial score (nSPS) is 22.4. The van der Waals surface area contributed by atoms with Gasteiger partial charge >= 0.3 is 5.97 Å². The number of benzene rings is 1. The van der Waals surface area contributed by atoms with Crippen LogP contribution in [0.5, 0.6) is 0 Å². The molecule has 6 heteroatoms. The summed E-state index contributed by atoms with van der Waals surface area (Å²) >= 11 is 0. The number of carbonyl (C=O) groups excluding carboxylic acids is 1. The van der Waals surface area contributed by atoms with E-state index in [0.29, 0.717) is 25.1 Å². The van der Waals surface area contributed by atoms with E-state index in [-0.39, 0.29) is 11.9 Å². The van der Waals surface area contributed by atoms with E-state index in [1.54, 1.807) is 11.8 Å². The topological polar surface area (TPSA) is 86.3 Å². The van der Waals surface area contributed by atoms with Crippen LogP contribution < -0.4 is 0 Å². The number of carboxylic acids is 1. The molecule has 2 heterocycles. The number of nitrogens with one attached hydrogen (secondary N) is 1. The van der Waals surface area contributed by atoms with Crippen molar-refractivity contribution in [2.45, 2.75) is 25.8 Å².